The van der Waals surface area contributed by atoms with E-state index >= 15 is 0 Å². The molecule has 10 heteroatoms. The number of anilines is 1. The van der Waals surface area contributed by atoms with Crippen LogP contribution in [-0.4, -0.2) is 37.2 Å². The molecule has 1 atom stereocenters. The van der Waals surface area contributed by atoms with Gasteiger partial charge in [0, 0.05) is 27.5 Å². The summed E-state index contributed by atoms with van der Waals surface area (Å²) in [4.78, 5) is 27.8. The number of nitrogens with zero attached hydrogens (tertiary/aromatic N) is 1. The van der Waals surface area contributed by atoms with Gasteiger partial charge in [-0.05, 0) is 44.0 Å². The molecule has 178 valence electrons. The van der Waals surface area contributed by atoms with Crippen LogP contribution < -0.4 is 19.7 Å². The molecule has 1 unspecified atom stereocenters. The fourth-order valence-corrected chi connectivity index (χ4v) is 5.17. The van der Waals surface area contributed by atoms with E-state index < -0.39 is 24.0 Å². The molecule has 1 aliphatic heterocycles. The van der Waals surface area contributed by atoms with Crippen molar-refractivity contribution in [1.82, 2.24) is 5.32 Å². The first-order valence-electron chi connectivity index (χ1n) is 10.9. The second-order valence-corrected chi connectivity index (χ2v) is 9.51. The monoisotopic (exact) mass is 482 g/mol. The van der Waals surface area contributed by atoms with Crippen LogP contribution in [0.15, 0.2) is 30.3 Å². The van der Waals surface area contributed by atoms with Gasteiger partial charge >= 0.3 is 12.1 Å². The molecule has 1 N–H and O–H groups in total. The quantitative estimate of drug-likeness (QED) is 0.658. The van der Waals surface area contributed by atoms with Crippen LogP contribution in [0.3, 0.4) is 0 Å². The lowest BCUT2D eigenvalue weighted by Gasteiger charge is -2.33. The van der Waals surface area contributed by atoms with E-state index in [0.717, 1.165) is 37.0 Å². The number of fused-ring (bicyclic) bond motifs is 1. The maximum absolute atomic E-state index is 13.8. The molecule has 33 heavy (non-hydrogen) atoms. The fourth-order valence-electron chi connectivity index (χ4n) is 4.20. The van der Waals surface area contributed by atoms with Crippen LogP contribution in [0, 0.1) is 6.92 Å². The number of carbonyl (C=O) groups is 2. The van der Waals surface area contributed by atoms with Gasteiger partial charge in [0.25, 0.3) is 0 Å². The molecule has 2 aromatic rings. The van der Waals surface area contributed by atoms with E-state index in [1.807, 2.05) is 0 Å². The maximum atomic E-state index is 13.8. The molecule has 2 amide bonds. The Morgan fingerprint density at radius 1 is 1.06 bits per heavy atom. The van der Waals surface area contributed by atoms with Gasteiger partial charge in [0.15, 0.2) is 17.5 Å². The number of amides is 2. The third kappa shape index (κ3) is 5.26. The smallest absolute Gasteiger partial charge is 0.471 e. The van der Waals surface area contributed by atoms with Gasteiger partial charge in [-0.3, -0.25) is 14.5 Å². The minimum absolute atomic E-state index is 0.0866. The standard InChI is InChI=1S/C23H25F3N2O4S/c1-14-7-10-19(33-14)20(21(29)27-15-5-3-2-4-6-15)28(22(30)23(24,25)26)16-8-9-17-18(13-16)32-12-11-31-17/h7-10,13,15,20H,2-6,11-12H2,1H3,(H,27,29). The summed E-state index contributed by atoms with van der Waals surface area (Å²) in [6, 6.07) is 5.84. The molecule has 1 fully saturated rings. The molecule has 1 aromatic carbocycles. The number of carbonyl (C=O) groups excluding carboxylic acids is 2. The van der Waals surface area contributed by atoms with Gasteiger partial charge in [0.05, 0.1) is 0 Å². The number of aryl methyl sites for hydroxylation is 1. The van der Waals surface area contributed by atoms with Crippen molar-refractivity contribution in [3.63, 3.8) is 0 Å². The molecule has 0 saturated heterocycles. The molecular weight excluding hydrogens is 457 g/mol. The number of alkyl halides is 3. The molecule has 1 aliphatic carbocycles. The van der Waals surface area contributed by atoms with E-state index in [0.29, 0.717) is 22.1 Å². The van der Waals surface area contributed by atoms with Crippen LogP contribution in [0.25, 0.3) is 0 Å². The Hall–Kier alpha value is -2.75. The number of ether oxygens (including phenoxy) is 2. The average molecular weight is 483 g/mol. The second kappa shape index (κ2) is 9.62. The van der Waals surface area contributed by atoms with E-state index in [1.165, 1.54) is 29.5 Å². The average Bonchev–Trinajstić information content (AvgIpc) is 3.22. The Labute approximate surface area is 193 Å². The van der Waals surface area contributed by atoms with Crippen LogP contribution in [0.1, 0.15) is 47.9 Å². The Bertz CT molecular complexity index is 1020. The highest BCUT2D eigenvalue weighted by Gasteiger charge is 2.48. The summed E-state index contributed by atoms with van der Waals surface area (Å²) in [6.07, 6.45) is -0.695. The molecule has 4 rings (SSSR count). The molecule has 2 heterocycles. The molecule has 6 nitrogen and oxygen atoms in total. The third-order valence-corrected chi connectivity index (χ3v) is 6.81. The van der Waals surface area contributed by atoms with E-state index in [2.05, 4.69) is 5.32 Å². The number of hydrogen-bond donors (Lipinski definition) is 1. The molecule has 0 spiro atoms. The van der Waals surface area contributed by atoms with E-state index in [9.17, 15) is 22.8 Å². The summed E-state index contributed by atoms with van der Waals surface area (Å²) in [6.45, 7) is 2.35. The largest absolute Gasteiger partial charge is 0.486 e. The highest BCUT2D eigenvalue weighted by atomic mass is 32.1. The van der Waals surface area contributed by atoms with Crippen molar-refractivity contribution >= 4 is 28.8 Å². The van der Waals surface area contributed by atoms with Crippen LogP contribution in [0.4, 0.5) is 18.9 Å². The molecule has 0 bridgehead atoms. The number of hydrogen-bond acceptors (Lipinski definition) is 5. The zero-order valence-electron chi connectivity index (χ0n) is 18.1. The summed E-state index contributed by atoms with van der Waals surface area (Å²) < 4.78 is 52.2. The van der Waals surface area contributed by atoms with Gasteiger partial charge in [-0.1, -0.05) is 19.3 Å². The zero-order valence-corrected chi connectivity index (χ0v) is 18.9. The van der Waals surface area contributed by atoms with Gasteiger partial charge < -0.3 is 14.8 Å². The van der Waals surface area contributed by atoms with Crippen LogP contribution in [0.2, 0.25) is 0 Å². The molecule has 1 aromatic heterocycles. The number of nitrogens with one attached hydrogen (secondary N) is 1. The van der Waals surface area contributed by atoms with Crippen molar-refractivity contribution in [3.8, 4) is 11.5 Å². The summed E-state index contributed by atoms with van der Waals surface area (Å²) in [5, 5.41) is 2.90. The van der Waals surface area contributed by atoms with Crippen molar-refractivity contribution < 1.29 is 32.2 Å². The lowest BCUT2D eigenvalue weighted by Crippen LogP contribution is -2.50. The summed E-state index contributed by atoms with van der Waals surface area (Å²) >= 11 is 1.19. The van der Waals surface area contributed by atoms with E-state index in [4.69, 9.17) is 9.47 Å². The lowest BCUT2D eigenvalue weighted by atomic mass is 9.95. The second-order valence-electron chi connectivity index (χ2n) is 8.20. The lowest BCUT2D eigenvalue weighted by molar-refractivity contribution is -0.171. The molecule has 1 saturated carbocycles. The van der Waals surface area contributed by atoms with Gasteiger partial charge in [-0.2, -0.15) is 13.2 Å². The highest BCUT2D eigenvalue weighted by molar-refractivity contribution is 7.12. The number of thiophene rings is 1. The Morgan fingerprint density at radius 3 is 2.39 bits per heavy atom. The summed E-state index contributed by atoms with van der Waals surface area (Å²) in [5.74, 6) is -2.14. The predicted molar refractivity (Wildman–Crippen MR) is 118 cm³/mol. The Balaban J connectivity index is 1.77. The van der Waals surface area contributed by atoms with Crippen molar-refractivity contribution in [2.24, 2.45) is 0 Å². The van der Waals surface area contributed by atoms with Gasteiger partial charge in [-0.25, -0.2) is 0 Å². The van der Waals surface area contributed by atoms with Crippen molar-refractivity contribution in [3.05, 3.63) is 40.1 Å². The van der Waals surface area contributed by atoms with Crippen molar-refractivity contribution in [1.29, 1.82) is 0 Å². The fraction of sp³-hybridized carbons (Fsp3) is 0.478. The zero-order chi connectivity index (χ0) is 23.6. The first-order valence-corrected chi connectivity index (χ1v) is 11.7. The minimum Gasteiger partial charge on any atom is -0.486 e. The van der Waals surface area contributed by atoms with Gasteiger partial charge in [-0.15, -0.1) is 11.3 Å². The van der Waals surface area contributed by atoms with Gasteiger partial charge in [0.1, 0.15) is 13.2 Å². The number of rotatable bonds is 5. The van der Waals surface area contributed by atoms with E-state index in [-0.39, 0.29) is 24.1 Å². The Morgan fingerprint density at radius 2 is 1.76 bits per heavy atom. The van der Waals surface area contributed by atoms with Crippen molar-refractivity contribution in [2.75, 3.05) is 18.1 Å². The maximum Gasteiger partial charge on any atom is 0.471 e. The molecular formula is C23H25F3N2O4S. The minimum atomic E-state index is -5.18. The van der Waals surface area contributed by atoms with Crippen LogP contribution in [-0.2, 0) is 9.59 Å². The summed E-state index contributed by atoms with van der Waals surface area (Å²) in [5.41, 5.74) is -0.0866. The summed E-state index contributed by atoms with van der Waals surface area (Å²) in [7, 11) is 0. The van der Waals surface area contributed by atoms with Crippen LogP contribution in [0.5, 0.6) is 11.5 Å². The number of halogens is 3. The SMILES string of the molecule is Cc1ccc(C(C(=O)NC2CCCCC2)N(C(=O)C(F)(F)F)c2ccc3c(c2)OCCO3)s1. The highest BCUT2D eigenvalue weighted by Crippen LogP contribution is 2.40. The predicted octanol–water partition coefficient (Wildman–Crippen LogP) is 4.91. The Kier molecular flexibility index (Phi) is 6.83. The van der Waals surface area contributed by atoms with Crippen LogP contribution >= 0.6 is 11.3 Å². The first-order chi connectivity index (χ1) is 15.7. The third-order valence-electron chi connectivity index (χ3n) is 5.75. The molecule has 2 aliphatic rings. The number of benzene rings is 1. The topological polar surface area (TPSA) is 67.9 Å². The first kappa shape index (κ1) is 23.4. The molecule has 0 radical (unpaired) electrons. The normalized spacial score (nSPS) is 17.3. The van der Waals surface area contributed by atoms with Crippen molar-refractivity contribution in [2.45, 2.75) is 57.3 Å². The van der Waals surface area contributed by atoms with E-state index in [1.54, 1.807) is 19.1 Å². The van der Waals surface area contributed by atoms with Gasteiger partial charge in [0.2, 0.25) is 5.91 Å².